The average molecular weight is 429 g/mol. The Labute approximate surface area is 171 Å². The number of sulfonamides is 1. The molecule has 0 bridgehead atoms. The molecule has 1 N–H and O–H groups in total. The van der Waals surface area contributed by atoms with Gasteiger partial charge in [-0.3, -0.25) is 4.90 Å². The minimum atomic E-state index is -3.85. The second-order valence-electron chi connectivity index (χ2n) is 7.04. The number of carbonyl (C=O) groups excluding carboxylic acids is 1. The van der Waals surface area contributed by atoms with Gasteiger partial charge in [0, 0.05) is 45.0 Å². The van der Waals surface area contributed by atoms with E-state index in [4.69, 9.17) is 14.2 Å². The summed E-state index contributed by atoms with van der Waals surface area (Å²) in [5.74, 6) is -0.409. The largest absolute Gasteiger partial charge is 0.465 e. The summed E-state index contributed by atoms with van der Waals surface area (Å²) in [6, 6.07) is 1.27. The van der Waals surface area contributed by atoms with Crippen molar-refractivity contribution < 1.29 is 27.4 Å². The van der Waals surface area contributed by atoms with Crippen LogP contribution in [0, 0.1) is 0 Å². The third-order valence-corrected chi connectivity index (χ3v) is 6.79. The number of carbonyl (C=O) groups is 1. The number of esters is 1. The first-order valence-electron chi connectivity index (χ1n) is 9.64. The average Bonchev–Trinajstić information content (AvgIpc) is 2.74. The van der Waals surface area contributed by atoms with Gasteiger partial charge < -0.3 is 19.5 Å². The zero-order valence-corrected chi connectivity index (χ0v) is 17.6. The number of methoxy groups -OCH3 is 1. The van der Waals surface area contributed by atoms with Gasteiger partial charge in [-0.15, -0.1) is 0 Å². The molecule has 0 amide bonds. The van der Waals surface area contributed by atoms with Crippen molar-refractivity contribution in [1.82, 2.24) is 14.2 Å². The van der Waals surface area contributed by atoms with Crippen molar-refractivity contribution in [2.24, 2.45) is 0 Å². The summed E-state index contributed by atoms with van der Waals surface area (Å²) in [6.07, 6.45) is 1.33. The number of morpholine rings is 2. The number of nitrogens with one attached hydrogen (secondary N) is 1. The van der Waals surface area contributed by atoms with Gasteiger partial charge in [-0.1, -0.05) is 0 Å². The van der Waals surface area contributed by atoms with Crippen molar-refractivity contribution >= 4 is 21.8 Å². The fourth-order valence-electron chi connectivity index (χ4n) is 3.36. The minimum Gasteiger partial charge on any atom is -0.465 e. The fraction of sp³-hybridized carbons (Fsp3) is 0.667. The first-order chi connectivity index (χ1) is 13.9. The number of nitrogens with zero attached hydrogens (tertiary/aromatic N) is 3. The number of pyridine rings is 1. The van der Waals surface area contributed by atoms with Gasteiger partial charge in [-0.25, -0.2) is 18.2 Å². The second-order valence-corrected chi connectivity index (χ2v) is 8.94. The number of rotatable bonds is 7. The van der Waals surface area contributed by atoms with E-state index in [1.807, 2.05) is 6.92 Å². The van der Waals surface area contributed by atoms with E-state index in [-0.39, 0.29) is 35.4 Å². The minimum absolute atomic E-state index is 0.0314. The zero-order chi connectivity index (χ0) is 20.9. The van der Waals surface area contributed by atoms with Crippen LogP contribution < -0.4 is 5.32 Å². The normalized spacial score (nSPS) is 20.2. The molecule has 1 atom stereocenters. The van der Waals surface area contributed by atoms with Crippen LogP contribution in [-0.2, 0) is 24.2 Å². The smallest absolute Gasteiger partial charge is 0.339 e. The Kier molecular flexibility index (Phi) is 7.41. The van der Waals surface area contributed by atoms with E-state index in [1.165, 1.54) is 23.7 Å². The molecule has 11 heteroatoms. The highest BCUT2D eigenvalue weighted by molar-refractivity contribution is 7.89. The third kappa shape index (κ3) is 5.43. The van der Waals surface area contributed by atoms with Crippen LogP contribution in [0.1, 0.15) is 17.3 Å². The maximum absolute atomic E-state index is 13.3. The number of hydrogen-bond donors (Lipinski definition) is 1. The molecule has 0 unspecified atom stereocenters. The first-order valence-corrected chi connectivity index (χ1v) is 11.1. The van der Waals surface area contributed by atoms with E-state index >= 15 is 0 Å². The Bertz CT molecular complexity index is 807. The van der Waals surface area contributed by atoms with Gasteiger partial charge in [0.25, 0.3) is 0 Å². The molecule has 0 aromatic carbocycles. The van der Waals surface area contributed by atoms with Crippen LogP contribution in [0.15, 0.2) is 17.2 Å². The van der Waals surface area contributed by atoms with Crippen LogP contribution in [0.25, 0.3) is 0 Å². The number of aromatic nitrogens is 1. The molecule has 2 fully saturated rings. The standard InChI is InChI=1S/C18H28N4O6S/c1-14(13-21-3-7-27-8-4-21)20-17-16(11-15(12-19-17)18(23)26-2)29(24,25)22-5-9-28-10-6-22/h11-12,14H,3-10,13H2,1-2H3,(H,19,20)/t14-/m0/s1. The van der Waals surface area contributed by atoms with Gasteiger partial charge in [0.05, 0.1) is 39.1 Å². The van der Waals surface area contributed by atoms with E-state index in [0.29, 0.717) is 26.4 Å². The predicted molar refractivity (Wildman–Crippen MR) is 105 cm³/mol. The molecular weight excluding hydrogens is 400 g/mol. The van der Waals surface area contributed by atoms with Crippen molar-refractivity contribution in [1.29, 1.82) is 0 Å². The van der Waals surface area contributed by atoms with E-state index in [2.05, 4.69) is 15.2 Å². The SMILES string of the molecule is COC(=O)c1cnc(N[C@@H](C)CN2CCOCC2)c(S(=O)(=O)N2CCOCC2)c1. The Hall–Kier alpha value is -1.79. The lowest BCUT2D eigenvalue weighted by molar-refractivity contribution is 0.0368. The molecule has 0 spiro atoms. The summed E-state index contributed by atoms with van der Waals surface area (Å²) < 4.78 is 43.2. The van der Waals surface area contributed by atoms with Crippen molar-refractivity contribution in [3.05, 3.63) is 17.8 Å². The summed E-state index contributed by atoms with van der Waals surface area (Å²) in [4.78, 5) is 18.4. The molecule has 0 aliphatic carbocycles. The van der Waals surface area contributed by atoms with Crippen molar-refractivity contribution in [2.45, 2.75) is 17.9 Å². The quantitative estimate of drug-likeness (QED) is 0.601. The maximum atomic E-state index is 13.3. The van der Waals surface area contributed by atoms with Crippen molar-refractivity contribution in [3.8, 4) is 0 Å². The number of anilines is 1. The fourth-order valence-corrected chi connectivity index (χ4v) is 4.90. The van der Waals surface area contributed by atoms with Crippen molar-refractivity contribution in [3.63, 3.8) is 0 Å². The summed E-state index contributed by atoms with van der Waals surface area (Å²) in [5.41, 5.74) is 0.0886. The molecule has 3 heterocycles. The Morgan fingerprint density at radius 3 is 2.45 bits per heavy atom. The highest BCUT2D eigenvalue weighted by atomic mass is 32.2. The molecular formula is C18H28N4O6S. The maximum Gasteiger partial charge on any atom is 0.339 e. The van der Waals surface area contributed by atoms with E-state index in [1.54, 1.807) is 0 Å². The van der Waals surface area contributed by atoms with Crippen molar-refractivity contribution in [2.75, 3.05) is 71.6 Å². The van der Waals surface area contributed by atoms with Crippen LogP contribution in [0.4, 0.5) is 5.82 Å². The molecule has 2 saturated heterocycles. The highest BCUT2D eigenvalue weighted by Crippen LogP contribution is 2.26. The lowest BCUT2D eigenvalue weighted by atomic mass is 10.2. The molecule has 10 nitrogen and oxygen atoms in total. The lowest BCUT2D eigenvalue weighted by Crippen LogP contribution is -2.43. The van der Waals surface area contributed by atoms with Crippen LogP contribution in [0.3, 0.4) is 0 Å². The monoisotopic (exact) mass is 428 g/mol. The second kappa shape index (κ2) is 9.81. The van der Waals surface area contributed by atoms with Gasteiger partial charge in [0.15, 0.2) is 0 Å². The molecule has 1 aromatic heterocycles. The Morgan fingerprint density at radius 1 is 1.21 bits per heavy atom. The molecule has 0 saturated carbocycles. The topological polar surface area (TPSA) is 110 Å². The molecule has 29 heavy (non-hydrogen) atoms. The molecule has 2 aliphatic heterocycles. The van der Waals surface area contributed by atoms with E-state index in [0.717, 1.165) is 19.6 Å². The number of hydrogen-bond acceptors (Lipinski definition) is 9. The first kappa shape index (κ1) is 21.9. The molecule has 2 aliphatic rings. The highest BCUT2D eigenvalue weighted by Gasteiger charge is 2.31. The van der Waals surface area contributed by atoms with Crippen LogP contribution in [-0.4, -0.2) is 101 Å². The molecule has 0 radical (unpaired) electrons. The summed E-state index contributed by atoms with van der Waals surface area (Å²) >= 11 is 0. The van der Waals surface area contributed by atoms with Gasteiger partial charge in [0.1, 0.15) is 10.7 Å². The van der Waals surface area contributed by atoms with Gasteiger partial charge in [-0.05, 0) is 13.0 Å². The van der Waals surface area contributed by atoms with Crippen LogP contribution >= 0.6 is 0 Å². The predicted octanol–water partition coefficient (Wildman–Crippen LogP) is 0.0217. The lowest BCUT2D eigenvalue weighted by Gasteiger charge is -2.30. The molecule has 162 valence electrons. The summed E-state index contributed by atoms with van der Waals surface area (Å²) in [6.45, 7) is 6.92. The van der Waals surface area contributed by atoms with E-state index < -0.39 is 16.0 Å². The third-order valence-electron chi connectivity index (χ3n) is 4.88. The zero-order valence-electron chi connectivity index (χ0n) is 16.8. The van der Waals surface area contributed by atoms with Crippen LogP contribution in [0.5, 0.6) is 0 Å². The molecule has 3 rings (SSSR count). The Morgan fingerprint density at radius 2 is 1.83 bits per heavy atom. The summed E-state index contributed by atoms with van der Waals surface area (Å²) in [5, 5.41) is 3.20. The van der Waals surface area contributed by atoms with Gasteiger partial charge in [0.2, 0.25) is 10.0 Å². The molecule has 1 aromatic rings. The van der Waals surface area contributed by atoms with Gasteiger partial charge >= 0.3 is 5.97 Å². The Balaban J connectivity index is 1.85. The van der Waals surface area contributed by atoms with Crippen LogP contribution in [0.2, 0.25) is 0 Å². The number of ether oxygens (including phenoxy) is 3. The summed E-state index contributed by atoms with van der Waals surface area (Å²) in [7, 11) is -2.60. The van der Waals surface area contributed by atoms with Gasteiger partial charge in [-0.2, -0.15) is 4.31 Å². The van der Waals surface area contributed by atoms with E-state index in [9.17, 15) is 13.2 Å².